The smallest absolute Gasteiger partial charge is 0.270 e. The van der Waals surface area contributed by atoms with E-state index in [4.69, 9.17) is 0 Å². The Kier molecular flexibility index (Phi) is 4.78. The highest BCUT2D eigenvalue weighted by Crippen LogP contribution is 2.20. The lowest BCUT2D eigenvalue weighted by molar-refractivity contribution is -0.384. The summed E-state index contributed by atoms with van der Waals surface area (Å²) in [5.41, 5.74) is -0.228. The number of nitro groups is 1. The van der Waals surface area contributed by atoms with Crippen molar-refractivity contribution < 1.29 is 9.72 Å². The molecule has 1 aromatic carbocycles. The maximum Gasteiger partial charge on any atom is 0.270 e. The highest BCUT2D eigenvalue weighted by Gasteiger charge is 2.25. The Morgan fingerprint density at radius 3 is 2.92 bits per heavy atom. The number of aromatic nitrogens is 2. The van der Waals surface area contributed by atoms with Crippen LogP contribution < -0.4 is 5.56 Å². The summed E-state index contributed by atoms with van der Waals surface area (Å²) in [7, 11) is 0. The van der Waals surface area contributed by atoms with Crippen LogP contribution in [0.1, 0.15) is 32.6 Å². The molecule has 3 rings (SSSR count). The van der Waals surface area contributed by atoms with Crippen molar-refractivity contribution in [2.45, 2.75) is 45.2 Å². The molecule has 132 valence electrons. The molecular formula is C17H20N4O4. The van der Waals surface area contributed by atoms with Crippen molar-refractivity contribution >= 4 is 22.5 Å². The van der Waals surface area contributed by atoms with Crippen molar-refractivity contribution in [3.63, 3.8) is 0 Å². The predicted octanol–water partition coefficient (Wildman–Crippen LogP) is 2.10. The van der Waals surface area contributed by atoms with Crippen molar-refractivity contribution in [1.82, 2.24) is 14.5 Å². The molecule has 0 aliphatic carbocycles. The fraction of sp³-hybridized carbons (Fsp3) is 0.471. The summed E-state index contributed by atoms with van der Waals surface area (Å²) in [5, 5.41) is 11.1. The zero-order chi connectivity index (χ0) is 18.0. The Morgan fingerprint density at radius 1 is 1.40 bits per heavy atom. The van der Waals surface area contributed by atoms with Gasteiger partial charge >= 0.3 is 0 Å². The molecule has 1 saturated heterocycles. The molecule has 8 heteroatoms. The van der Waals surface area contributed by atoms with Crippen LogP contribution in [0.25, 0.3) is 10.9 Å². The number of fused-ring (bicyclic) bond motifs is 1. The molecule has 1 aromatic heterocycles. The van der Waals surface area contributed by atoms with Gasteiger partial charge in [-0.15, -0.1) is 0 Å². The van der Waals surface area contributed by atoms with Gasteiger partial charge in [0.15, 0.2) is 0 Å². The predicted molar refractivity (Wildman–Crippen MR) is 92.3 cm³/mol. The van der Waals surface area contributed by atoms with Gasteiger partial charge in [0.1, 0.15) is 6.54 Å². The average molecular weight is 344 g/mol. The standard InChI is InChI=1S/C17H20N4O4/c1-2-12-5-3-4-8-20(12)16(22)10-19-11-18-15-7-6-13(21(24)25)9-14(15)17(19)23/h6-7,9,11-12H,2-5,8,10H2,1H3. The fourth-order valence-corrected chi connectivity index (χ4v) is 3.36. The van der Waals surface area contributed by atoms with Gasteiger partial charge in [0.25, 0.3) is 11.2 Å². The number of carbonyl (C=O) groups is 1. The average Bonchev–Trinajstić information content (AvgIpc) is 2.63. The van der Waals surface area contributed by atoms with Gasteiger partial charge in [0, 0.05) is 24.7 Å². The third-order valence-corrected chi connectivity index (χ3v) is 4.74. The van der Waals surface area contributed by atoms with Gasteiger partial charge in [-0.3, -0.25) is 24.3 Å². The second kappa shape index (κ2) is 7.00. The van der Waals surface area contributed by atoms with Crippen LogP contribution in [0.2, 0.25) is 0 Å². The van der Waals surface area contributed by atoms with Crippen LogP contribution in [0.3, 0.4) is 0 Å². The lowest BCUT2D eigenvalue weighted by atomic mass is 10.00. The van der Waals surface area contributed by atoms with Crippen LogP contribution >= 0.6 is 0 Å². The van der Waals surface area contributed by atoms with Crippen molar-refractivity contribution in [3.05, 3.63) is 45.0 Å². The fourth-order valence-electron chi connectivity index (χ4n) is 3.36. The molecule has 8 nitrogen and oxygen atoms in total. The number of carbonyl (C=O) groups excluding carboxylic acids is 1. The third kappa shape index (κ3) is 3.38. The number of likely N-dealkylation sites (tertiary alicyclic amines) is 1. The van der Waals surface area contributed by atoms with Gasteiger partial charge in [-0.2, -0.15) is 0 Å². The van der Waals surface area contributed by atoms with E-state index in [0.29, 0.717) is 12.1 Å². The van der Waals surface area contributed by atoms with E-state index in [0.717, 1.165) is 25.7 Å². The molecule has 0 saturated carbocycles. The van der Waals surface area contributed by atoms with Gasteiger partial charge in [-0.1, -0.05) is 6.92 Å². The minimum Gasteiger partial charge on any atom is -0.338 e. The Morgan fingerprint density at radius 2 is 2.20 bits per heavy atom. The van der Waals surface area contributed by atoms with E-state index in [9.17, 15) is 19.7 Å². The highest BCUT2D eigenvalue weighted by molar-refractivity contribution is 5.81. The van der Waals surface area contributed by atoms with E-state index in [-0.39, 0.29) is 29.6 Å². The number of benzene rings is 1. The van der Waals surface area contributed by atoms with Crippen molar-refractivity contribution in [2.24, 2.45) is 0 Å². The summed E-state index contributed by atoms with van der Waals surface area (Å²) in [6, 6.07) is 4.18. The number of piperidine rings is 1. The highest BCUT2D eigenvalue weighted by atomic mass is 16.6. The molecule has 25 heavy (non-hydrogen) atoms. The van der Waals surface area contributed by atoms with Crippen LogP contribution in [0.15, 0.2) is 29.3 Å². The number of amides is 1. The summed E-state index contributed by atoms with van der Waals surface area (Å²) in [5.74, 6) is -0.111. The Balaban J connectivity index is 1.90. The summed E-state index contributed by atoms with van der Waals surface area (Å²) >= 11 is 0. The van der Waals surface area contributed by atoms with Crippen LogP contribution in [-0.2, 0) is 11.3 Å². The first-order valence-electron chi connectivity index (χ1n) is 8.44. The topological polar surface area (TPSA) is 98.3 Å². The van der Waals surface area contributed by atoms with Gasteiger partial charge in [0.05, 0.1) is 22.2 Å². The van der Waals surface area contributed by atoms with Crippen molar-refractivity contribution in [2.75, 3.05) is 6.54 Å². The van der Waals surface area contributed by atoms with Gasteiger partial charge < -0.3 is 4.90 Å². The van der Waals surface area contributed by atoms with Gasteiger partial charge in [0.2, 0.25) is 5.91 Å². The normalized spacial score (nSPS) is 17.6. The number of rotatable bonds is 4. The molecule has 2 heterocycles. The second-order valence-corrected chi connectivity index (χ2v) is 6.28. The summed E-state index contributed by atoms with van der Waals surface area (Å²) in [4.78, 5) is 41.6. The zero-order valence-electron chi connectivity index (χ0n) is 14.1. The lowest BCUT2D eigenvalue weighted by Crippen LogP contribution is -2.45. The molecule has 1 amide bonds. The summed E-state index contributed by atoms with van der Waals surface area (Å²) in [6.45, 7) is 2.67. The molecule has 1 aliphatic heterocycles. The molecule has 0 radical (unpaired) electrons. The minimum atomic E-state index is -0.555. The Labute approximate surface area is 144 Å². The number of hydrogen-bond donors (Lipinski definition) is 0. The first kappa shape index (κ1) is 17.1. The summed E-state index contributed by atoms with van der Waals surface area (Å²) < 4.78 is 1.23. The maximum atomic E-state index is 12.6. The monoisotopic (exact) mass is 344 g/mol. The van der Waals surface area contributed by atoms with E-state index < -0.39 is 10.5 Å². The number of hydrogen-bond acceptors (Lipinski definition) is 5. The first-order valence-corrected chi connectivity index (χ1v) is 8.44. The largest absolute Gasteiger partial charge is 0.338 e. The quantitative estimate of drug-likeness (QED) is 0.625. The Bertz CT molecular complexity index is 877. The molecule has 2 aromatic rings. The molecule has 0 spiro atoms. The maximum absolute atomic E-state index is 12.6. The Hall–Kier alpha value is -2.77. The number of nitrogens with zero attached hydrogens (tertiary/aromatic N) is 4. The number of non-ortho nitro benzene ring substituents is 1. The molecule has 1 fully saturated rings. The van der Waals surface area contributed by atoms with Gasteiger partial charge in [-0.05, 0) is 31.7 Å². The minimum absolute atomic E-state index is 0.0963. The van der Waals surface area contributed by atoms with E-state index >= 15 is 0 Å². The first-order chi connectivity index (χ1) is 12.0. The molecule has 0 bridgehead atoms. The number of nitro benzene ring substituents is 1. The lowest BCUT2D eigenvalue weighted by Gasteiger charge is -2.35. The van der Waals surface area contributed by atoms with Crippen LogP contribution in [-0.4, -0.2) is 37.9 Å². The van der Waals surface area contributed by atoms with Crippen molar-refractivity contribution in [1.29, 1.82) is 0 Å². The van der Waals surface area contributed by atoms with Crippen LogP contribution in [0.4, 0.5) is 5.69 Å². The molecule has 1 aliphatic rings. The van der Waals surface area contributed by atoms with E-state index in [1.54, 1.807) is 0 Å². The SMILES string of the molecule is CCC1CCCCN1C(=O)Cn1cnc2ccc([N+](=O)[O-])cc2c1=O. The molecule has 1 unspecified atom stereocenters. The van der Waals surface area contributed by atoms with E-state index in [2.05, 4.69) is 11.9 Å². The molecule has 0 N–H and O–H groups in total. The van der Waals surface area contributed by atoms with Crippen LogP contribution in [0.5, 0.6) is 0 Å². The van der Waals surface area contributed by atoms with Crippen molar-refractivity contribution in [3.8, 4) is 0 Å². The molecular weight excluding hydrogens is 324 g/mol. The molecule has 1 atom stereocenters. The van der Waals surface area contributed by atoms with Gasteiger partial charge in [-0.25, -0.2) is 4.98 Å². The zero-order valence-corrected chi connectivity index (χ0v) is 14.1. The van der Waals surface area contributed by atoms with E-state index in [1.165, 1.54) is 29.1 Å². The second-order valence-electron chi connectivity index (χ2n) is 6.28. The summed E-state index contributed by atoms with van der Waals surface area (Å²) in [6.07, 6.45) is 5.30. The van der Waals surface area contributed by atoms with Crippen LogP contribution in [0, 0.1) is 10.1 Å². The third-order valence-electron chi connectivity index (χ3n) is 4.74. The van der Waals surface area contributed by atoms with E-state index in [1.807, 2.05) is 4.90 Å².